The molecule has 0 fully saturated rings. The summed E-state index contributed by atoms with van der Waals surface area (Å²) in [6.45, 7) is 6.16. The molecular weight excluding hydrogens is 356 g/mol. The zero-order valence-electron chi connectivity index (χ0n) is 15.4. The molecular formula is C18H23F2N5O2. The van der Waals surface area contributed by atoms with Crippen molar-refractivity contribution >= 4 is 11.8 Å². The summed E-state index contributed by atoms with van der Waals surface area (Å²) in [6, 6.07) is 1.02. The lowest BCUT2D eigenvalue weighted by Gasteiger charge is -2.39. The van der Waals surface area contributed by atoms with Gasteiger partial charge in [-0.2, -0.15) is 13.9 Å². The molecule has 0 aliphatic heterocycles. The molecule has 3 N–H and O–H groups in total. The summed E-state index contributed by atoms with van der Waals surface area (Å²) in [6.07, 6.45) is 4.89. The van der Waals surface area contributed by atoms with Crippen molar-refractivity contribution in [3.63, 3.8) is 0 Å². The molecule has 1 amide bonds. The van der Waals surface area contributed by atoms with Crippen molar-refractivity contribution in [1.82, 2.24) is 19.7 Å². The predicted molar refractivity (Wildman–Crippen MR) is 98.3 cm³/mol. The molecule has 0 aromatic carbocycles. The Bertz CT molecular complexity index is 829. The third kappa shape index (κ3) is 4.24. The van der Waals surface area contributed by atoms with E-state index in [9.17, 15) is 18.7 Å². The maximum atomic E-state index is 13.2. The zero-order chi connectivity index (χ0) is 20.4. The lowest BCUT2D eigenvalue weighted by Crippen LogP contribution is -2.47. The molecule has 0 bridgehead atoms. The maximum Gasteiger partial charge on any atom is 0.408 e. The number of alkyl halides is 2. The Morgan fingerprint density at radius 3 is 2.59 bits per heavy atom. The van der Waals surface area contributed by atoms with Crippen LogP contribution in [0.1, 0.15) is 45.3 Å². The molecule has 0 saturated carbocycles. The number of rotatable bonds is 6. The lowest BCUT2D eigenvalue weighted by molar-refractivity contribution is 0.0585. The van der Waals surface area contributed by atoms with Crippen molar-refractivity contribution in [2.45, 2.75) is 45.3 Å². The Balaban J connectivity index is 2.58. The third-order valence-electron chi connectivity index (χ3n) is 4.06. The normalized spacial score (nSPS) is 12.8. The molecule has 0 aliphatic rings. The van der Waals surface area contributed by atoms with Gasteiger partial charge in [0.15, 0.2) is 0 Å². The van der Waals surface area contributed by atoms with Gasteiger partial charge < -0.3 is 10.8 Å². The molecule has 2 aromatic rings. The Morgan fingerprint density at radius 1 is 1.41 bits per heavy atom. The monoisotopic (exact) mass is 379 g/mol. The van der Waals surface area contributed by atoms with Gasteiger partial charge in [0, 0.05) is 23.5 Å². The van der Waals surface area contributed by atoms with Crippen LogP contribution >= 0.6 is 0 Å². The highest BCUT2D eigenvalue weighted by Gasteiger charge is 2.34. The molecule has 146 valence electrons. The third-order valence-corrected chi connectivity index (χ3v) is 4.06. The number of hydrogen-bond acceptors (Lipinski definition) is 4. The summed E-state index contributed by atoms with van der Waals surface area (Å²) < 4.78 is 27.0. The van der Waals surface area contributed by atoms with Gasteiger partial charge >= 0.3 is 12.6 Å². The topological polar surface area (TPSA) is 97.3 Å². The summed E-state index contributed by atoms with van der Waals surface area (Å²) in [4.78, 5) is 17.3. The van der Waals surface area contributed by atoms with Gasteiger partial charge in [-0.1, -0.05) is 6.08 Å². The highest BCUT2D eigenvalue weighted by atomic mass is 19.3. The van der Waals surface area contributed by atoms with Crippen molar-refractivity contribution in [3.8, 4) is 11.3 Å². The van der Waals surface area contributed by atoms with E-state index >= 15 is 0 Å². The first-order chi connectivity index (χ1) is 12.6. The fourth-order valence-corrected chi connectivity index (χ4v) is 3.03. The minimum Gasteiger partial charge on any atom is -0.465 e. The number of aromatic nitrogens is 3. The van der Waals surface area contributed by atoms with Crippen LogP contribution in [-0.2, 0) is 0 Å². The minimum absolute atomic E-state index is 0.0364. The SMILES string of the molecule is C=CC[C@@H](c1cncc(-c2c(N)cnn2C(F)F)c1)N(C(=O)O)C(C)(C)C. The van der Waals surface area contributed by atoms with Gasteiger partial charge in [0.05, 0.1) is 23.6 Å². The van der Waals surface area contributed by atoms with Crippen molar-refractivity contribution in [2.75, 3.05) is 5.73 Å². The molecule has 2 heterocycles. The number of carbonyl (C=O) groups is 1. The average molecular weight is 379 g/mol. The van der Waals surface area contributed by atoms with Gasteiger partial charge in [-0.25, -0.2) is 9.48 Å². The summed E-state index contributed by atoms with van der Waals surface area (Å²) in [5.41, 5.74) is 6.11. The molecule has 0 radical (unpaired) electrons. The Hall–Kier alpha value is -2.97. The van der Waals surface area contributed by atoms with Gasteiger partial charge in [-0.05, 0) is 38.8 Å². The molecule has 7 nitrogen and oxygen atoms in total. The van der Waals surface area contributed by atoms with Crippen molar-refractivity contribution < 1.29 is 18.7 Å². The number of nitrogens with zero attached hydrogens (tertiary/aromatic N) is 4. The first kappa shape index (κ1) is 20.3. The second kappa shape index (κ2) is 7.73. The standard InChI is InChI=1S/C18H23F2N5O2/c1-5-6-14(24(17(26)27)18(2,3)4)11-7-12(9-22-8-11)15-13(21)10-23-25(15)16(19)20/h5,7-10,14,16H,1,6,21H2,2-4H3,(H,26,27)/t14-/m0/s1. The van der Waals surface area contributed by atoms with E-state index in [-0.39, 0.29) is 11.4 Å². The highest BCUT2D eigenvalue weighted by molar-refractivity contribution is 5.73. The molecule has 9 heteroatoms. The van der Waals surface area contributed by atoms with Crippen LogP contribution in [0, 0.1) is 0 Å². The van der Waals surface area contributed by atoms with E-state index in [1.165, 1.54) is 17.3 Å². The zero-order valence-corrected chi connectivity index (χ0v) is 15.4. The second-order valence-corrected chi connectivity index (χ2v) is 7.04. The van der Waals surface area contributed by atoms with Crippen LogP contribution in [0.5, 0.6) is 0 Å². The smallest absolute Gasteiger partial charge is 0.408 e. The number of hydrogen-bond donors (Lipinski definition) is 2. The van der Waals surface area contributed by atoms with E-state index in [0.29, 0.717) is 22.2 Å². The van der Waals surface area contributed by atoms with Crippen molar-refractivity contribution in [1.29, 1.82) is 0 Å². The molecule has 0 saturated heterocycles. The van der Waals surface area contributed by atoms with Crippen molar-refractivity contribution in [3.05, 3.63) is 42.9 Å². The summed E-state index contributed by atoms with van der Waals surface area (Å²) in [7, 11) is 0. The van der Waals surface area contributed by atoms with E-state index in [1.807, 2.05) is 0 Å². The van der Waals surface area contributed by atoms with Gasteiger partial charge in [0.1, 0.15) is 0 Å². The van der Waals surface area contributed by atoms with Crippen molar-refractivity contribution in [2.24, 2.45) is 0 Å². The molecule has 0 spiro atoms. The lowest BCUT2D eigenvalue weighted by atomic mass is 9.96. The van der Waals surface area contributed by atoms with Gasteiger partial charge in [-0.3, -0.25) is 9.88 Å². The average Bonchev–Trinajstić information content (AvgIpc) is 2.95. The molecule has 2 rings (SSSR count). The van der Waals surface area contributed by atoms with Crippen LogP contribution in [-0.4, -0.2) is 36.4 Å². The number of pyridine rings is 1. The number of carboxylic acid groups (broad SMARTS) is 1. The van der Waals surface area contributed by atoms with Crippen LogP contribution in [0.15, 0.2) is 37.3 Å². The van der Waals surface area contributed by atoms with Crippen LogP contribution < -0.4 is 5.73 Å². The van der Waals surface area contributed by atoms with E-state index in [4.69, 9.17) is 5.73 Å². The summed E-state index contributed by atoms with van der Waals surface area (Å²) in [5, 5.41) is 13.3. The summed E-state index contributed by atoms with van der Waals surface area (Å²) in [5.74, 6) is 0. The maximum absolute atomic E-state index is 13.2. The number of amides is 1. The van der Waals surface area contributed by atoms with Crippen LogP contribution in [0.2, 0.25) is 0 Å². The molecule has 0 unspecified atom stereocenters. The minimum atomic E-state index is -2.87. The van der Waals surface area contributed by atoms with Gasteiger partial charge in [0.2, 0.25) is 0 Å². The van der Waals surface area contributed by atoms with E-state index in [2.05, 4.69) is 16.7 Å². The molecule has 2 aromatic heterocycles. The summed E-state index contributed by atoms with van der Waals surface area (Å²) >= 11 is 0. The fraction of sp³-hybridized carbons (Fsp3) is 0.389. The van der Waals surface area contributed by atoms with Crippen LogP contribution in [0.25, 0.3) is 11.3 Å². The first-order valence-electron chi connectivity index (χ1n) is 8.27. The Morgan fingerprint density at radius 2 is 2.07 bits per heavy atom. The van der Waals surface area contributed by atoms with Gasteiger partial charge in [-0.15, -0.1) is 6.58 Å². The van der Waals surface area contributed by atoms with E-state index in [0.717, 1.165) is 6.20 Å². The van der Waals surface area contributed by atoms with Crippen LogP contribution in [0.4, 0.5) is 19.3 Å². The largest absolute Gasteiger partial charge is 0.465 e. The number of halogens is 2. The van der Waals surface area contributed by atoms with E-state index < -0.39 is 24.2 Å². The number of anilines is 1. The highest BCUT2D eigenvalue weighted by Crippen LogP contribution is 2.35. The number of nitrogens with two attached hydrogens (primary N) is 1. The Labute approximate surface area is 156 Å². The Kier molecular flexibility index (Phi) is 5.82. The molecule has 0 aliphatic carbocycles. The van der Waals surface area contributed by atoms with Crippen LogP contribution in [0.3, 0.4) is 0 Å². The molecule has 27 heavy (non-hydrogen) atoms. The van der Waals surface area contributed by atoms with E-state index in [1.54, 1.807) is 32.9 Å². The molecule has 1 atom stereocenters. The second-order valence-electron chi connectivity index (χ2n) is 7.04. The predicted octanol–water partition coefficient (Wildman–Crippen LogP) is 4.32. The number of nitrogen functional groups attached to an aromatic ring is 1. The fourth-order valence-electron chi connectivity index (χ4n) is 3.03. The first-order valence-corrected chi connectivity index (χ1v) is 8.27. The quantitative estimate of drug-likeness (QED) is 0.729. The van der Waals surface area contributed by atoms with Gasteiger partial charge in [0.25, 0.3) is 0 Å².